The van der Waals surface area contributed by atoms with E-state index in [1.807, 2.05) is 43.3 Å². The highest BCUT2D eigenvalue weighted by atomic mass is 16.2. The second kappa shape index (κ2) is 8.34. The number of nitrogens with one attached hydrogen (secondary N) is 2. The van der Waals surface area contributed by atoms with E-state index in [1.165, 1.54) is 0 Å². The predicted octanol–water partition coefficient (Wildman–Crippen LogP) is 3.48. The first-order valence-electron chi connectivity index (χ1n) is 10.1. The van der Waals surface area contributed by atoms with E-state index >= 15 is 0 Å². The molecule has 2 amide bonds. The Labute approximate surface area is 175 Å². The number of carbonyl (C=O) groups is 2. The number of hydrogen-bond acceptors (Lipinski definition) is 4. The third-order valence-electron chi connectivity index (χ3n) is 5.47. The molecule has 0 atom stereocenters. The lowest BCUT2D eigenvalue weighted by Gasteiger charge is -2.11. The second-order valence-electron chi connectivity index (χ2n) is 7.62. The third-order valence-corrected chi connectivity index (χ3v) is 5.47. The van der Waals surface area contributed by atoms with Crippen LogP contribution in [0.3, 0.4) is 0 Å². The average Bonchev–Trinajstić information content (AvgIpc) is 3.38. The van der Waals surface area contributed by atoms with Crippen LogP contribution in [0.2, 0.25) is 0 Å². The van der Waals surface area contributed by atoms with E-state index in [4.69, 9.17) is 0 Å². The molecule has 1 heterocycles. The van der Waals surface area contributed by atoms with Crippen LogP contribution in [0.1, 0.15) is 52.7 Å². The fourth-order valence-corrected chi connectivity index (χ4v) is 3.84. The summed E-state index contributed by atoms with van der Waals surface area (Å²) in [6.45, 7) is 1.95. The van der Waals surface area contributed by atoms with Crippen molar-refractivity contribution in [3.8, 4) is 6.07 Å². The Morgan fingerprint density at radius 2 is 1.70 bits per heavy atom. The molecule has 0 aromatic heterocycles. The number of hydrogen-bond donors (Lipinski definition) is 2. The standard InChI is InChI=1S/C24H22N4O2/c1-15-10-12-16(13-11-15)23(29)28-22-19-9-5-4-8-18(19)21(27-22)20(14-25)24(30)26-17-6-2-3-7-17/h4-5,8-13,17H,2-3,6-7H2,1H3,(H,26,30)(H,27,28,29). The maximum atomic E-state index is 12.8. The number of nitriles is 1. The molecule has 150 valence electrons. The Kier molecular flexibility index (Phi) is 5.44. The fraction of sp³-hybridized carbons (Fsp3) is 0.250. The number of aliphatic imine (C=N–C) groups is 1. The minimum atomic E-state index is -0.413. The number of carbonyl (C=O) groups excluding carboxylic acids is 2. The molecule has 0 radical (unpaired) electrons. The van der Waals surface area contributed by atoms with Crippen molar-refractivity contribution in [1.29, 1.82) is 5.26 Å². The number of benzene rings is 2. The molecule has 1 fully saturated rings. The highest BCUT2D eigenvalue weighted by Gasteiger charge is 2.28. The number of amidine groups is 1. The third kappa shape index (κ3) is 3.87. The Morgan fingerprint density at radius 3 is 2.37 bits per heavy atom. The molecule has 2 aromatic carbocycles. The first-order valence-corrected chi connectivity index (χ1v) is 10.1. The molecular formula is C24H22N4O2. The smallest absolute Gasteiger partial charge is 0.264 e. The summed E-state index contributed by atoms with van der Waals surface area (Å²) in [5.41, 5.74) is 3.19. The molecule has 0 spiro atoms. The van der Waals surface area contributed by atoms with Crippen molar-refractivity contribution in [2.45, 2.75) is 38.6 Å². The Morgan fingerprint density at radius 1 is 1.03 bits per heavy atom. The van der Waals surface area contributed by atoms with Gasteiger partial charge in [0, 0.05) is 22.7 Å². The molecular weight excluding hydrogens is 376 g/mol. The highest BCUT2D eigenvalue weighted by molar-refractivity contribution is 6.20. The largest absolute Gasteiger partial charge is 0.349 e. The van der Waals surface area contributed by atoms with E-state index in [0.717, 1.165) is 31.2 Å². The summed E-state index contributed by atoms with van der Waals surface area (Å²) < 4.78 is 0. The maximum Gasteiger partial charge on any atom is 0.264 e. The van der Waals surface area contributed by atoms with Crippen molar-refractivity contribution in [2.24, 2.45) is 4.99 Å². The molecule has 0 bridgehead atoms. The zero-order valence-electron chi connectivity index (χ0n) is 16.7. The summed E-state index contributed by atoms with van der Waals surface area (Å²) in [7, 11) is 0. The van der Waals surface area contributed by atoms with Gasteiger partial charge in [-0.05, 0) is 31.9 Å². The van der Waals surface area contributed by atoms with E-state index in [2.05, 4.69) is 15.6 Å². The van der Waals surface area contributed by atoms with Crippen molar-refractivity contribution in [3.05, 3.63) is 76.4 Å². The Hall–Kier alpha value is -3.72. The van der Waals surface area contributed by atoms with Gasteiger partial charge in [0.1, 0.15) is 17.5 Å². The maximum absolute atomic E-state index is 12.8. The van der Waals surface area contributed by atoms with Crippen molar-refractivity contribution < 1.29 is 9.59 Å². The molecule has 4 rings (SSSR count). The molecule has 1 aliphatic heterocycles. The van der Waals surface area contributed by atoms with E-state index in [0.29, 0.717) is 28.2 Å². The molecule has 0 unspecified atom stereocenters. The summed E-state index contributed by atoms with van der Waals surface area (Å²) in [5, 5.41) is 15.5. The monoisotopic (exact) mass is 398 g/mol. The fourth-order valence-electron chi connectivity index (χ4n) is 3.84. The van der Waals surface area contributed by atoms with Gasteiger partial charge in [-0.2, -0.15) is 5.26 Å². The van der Waals surface area contributed by atoms with Crippen LogP contribution in [-0.2, 0) is 4.79 Å². The lowest BCUT2D eigenvalue weighted by atomic mass is 10.0. The zero-order chi connectivity index (χ0) is 21.1. The molecule has 6 nitrogen and oxygen atoms in total. The van der Waals surface area contributed by atoms with Gasteiger partial charge in [0.2, 0.25) is 0 Å². The van der Waals surface area contributed by atoms with Crippen LogP contribution in [-0.4, -0.2) is 23.7 Å². The number of amides is 2. The van der Waals surface area contributed by atoms with E-state index in [1.54, 1.807) is 18.2 Å². The summed E-state index contributed by atoms with van der Waals surface area (Å²) in [4.78, 5) is 29.9. The van der Waals surface area contributed by atoms with Gasteiger partial charge in [-0.25, -0.2) is 4.99 Å². The molecule has 0 saturated heterocycles. The molecule has 1 aliphatic carbocycles. The van der Waals surface area contributed by atoms with Crippen LogP contribution < -0.4 is 10.6 Å². The normalized spacial score (nSPS) is 17.0. The summed E-state index contributed by atoms with van der Waals surface area (Å²) in [6.07, 6.45) is 4.02. The molecule has 6 heteroatoms. The summed E-state index contributed by atoms with van der Waals surface area (Å²) in [6, 6.07) is 16.6. The Bertz CT molecular complexity index is 1100. The first kappa shape index (κ1) is 19.6. The van der Waals surface area contributed by atoms with Gasteiger partial charge < -0.3 is 10.6 Å². The van der Waals surface area contributed by atoms with Gasteiger partial charge in [0.05, 0.1) is 5.70 Å². The van der Waals surface area contributed by atoms with Crippen LogP contribution in [0.15, 0.2) is 59.1 Å². The van der Waals surface area contributed by atoms with Gasteiger partial charge in [0.25, 0.3) is 11.8 Å². The molecule has 1 saturated carbocycles. The lowest BCUT2D eigenvalue weighted by molar-refractivity contribution is -0.117. The lowest BCUT2D eigenvalue weighted by Crippen LogP contribution is -2.33. The van der Waals surface area contributed by atoms with Crippen molar-refractivity contribution >= 4 is 23.3 Å². The molecule has 2 aliphatic rings. The average molecular weight is 398 g/mol. The second-order valence-corrected chi connectivity index (χ2v) is 7.62. The van der Waals surface area contributed by atoms with Crippen LogP contribution in [0.25, 0.3) is 5.70 Å². The molecule has 2 aromatic rings. The number of fused-ring (bicyclic) bond motifs is 1. The quantitative estimate of drug-likeness (QED) is 0.612. The van der Waals surface area contributed by atoms with E-state index in [-0.39, 0.29) is 17.5 Å². The zero-order valence-corrected chi connectivity index (χ0v) is 16.7. The number of aryl methyl sites for hydroxylation is 1. The van der Waals surface area contributed by atoms with Crippen LogP contribution in [0.4, 0.5) is 0 Å². The van der Waals surface area contributed by atoms with E-state index in [9.17, 15) is 14.9 Å². The van der Waals surface area contributed by atoms with Crippen LogP contribution >= 0.6 is 0 Å². The minimum Gasteiger partial charge on any atom is -0.349 e. The summed E-state index contributed by atoms with van der Waals surface area (Å²) in [5.74, 6) is -0.365. The number of rotatable bonds is 3. The van der Waals surface area contributed by atoms with Gasteiger partial charge >= 0.3 is 0 Å². The summed E-state index contributed by atoms with van der Waals surface area (Å²) >= 11 is 0. The Balaban J connectivity index is 1.66. The topological polar surface area (TPSA) is 94.3 Å². The minimum absolute atomic E-state index is 0.0334. The molecule has 30 heavy (non-hydrogen) atoms. The van der Waals surface area contributed by atoms with Crippen molar-refractivity contribution in [2.75, 3.05) is 0 Å². The van der Waals surface area contributed by atoms with Crippen molar-refractivity contribution in [3.63, 3.8) is 0 Å². The number of nitrogens with zero attached hydrogens (tertiary/aromatic N) is 2. The van der Waals surface area contributed by atoms with Crippen LogP contribution in [0, 0.1) is 18.3 Å². The predicted molar refractivity (Wildman–Crippen MR) is 115 cm³/mol. The van der Waals surface area contributed by atoms with Gasteiger partial charge in [-0.1, -0.05) is 54.8 Å². The van der Waals surface area contributed by atoms with Crippen molar-refractivity contribution in [1.82, 2.24) is 10.6 Å². The molecule has 2 N–H and O–H groups in total. The van der Waals surface area contributed by atoms with Crippen LogP contribution in [0.5, 0.6) is 0 Å². The highest BCUT2D eigenvalue weighted by Crippen LogP contribution is 2.31. The van der Waals surface area contributed by atoms with Gasteiger partial charge in [-0.15, -0.1) is 0 Å². The first-order chi connectivity index (χ1) is 14.6. The van der Waals surface area contributed by atoms with Gasteiger partial charge in [0.15, 0.2) is 0 Å². The van der Waals surface area contributed by atoms with Gasteiger partial charge in [-0.3, -0.25) is 9.59 Å². The van der Waals surface area contributed by atoms with E-state index < -0.39 is 5.91 Å². The SMILES string of the molecule is Cc1ccc(C(=O)NC2=NC(=C(C#N)C(=O)NC3CCCC3)c3ccccc32)cc1.